The first-order chi connectivity index (χ1) is 12.8. The van der Waals surface area contributed by atoms with Crippen LogP contribution in [-0.2, 0) is 13.0 Å². The van der Waals surface area contributed by atoms with Crippen molar-refractivity contribution in [3.05, 3.63) is 83.6 Å². The Morgan fingerprint density at radius 3 is 2.69 bits per heavy atom. The zero-order valence-corrected chi connectivity index (χ0v) is 14.8. The van der Waals surface area contributed by atoms with Gasteiger partial charge in [0, 0.05) is 23.9 Å². The van der Waals surface area contributed by atoms with Gasteiger partial charge in [-0.25, -0.2) is 0 Å². The molecule has 0 aliphatic rings. The van der Waals surface area contributed by atoms with Crippen molar-refractivity contribution in [2.75, 3.05) is 6.54 Å². The molecule has 0 unspecified atom stereocenters. The topological polar surface area (TPSA) is 55.1 Å². The van der Waals surface area contributed by atoms with Crippen LogP contribution in [0.25, 0.3) is 16.8 Å². The summed E-state index contributed by atoms with van der Waals surface area (Å²) in [6, 6.07) is 21.2. The molecule has 4 aromatic rings. The molecule has 0 amide bonds. The number of fused-ring (bicyclic) bond motifs is 1. The molecular weight excluding hydrogens is 322 g/mol. The van der Waals surface area contributed by atoms with Gasteiger partial charge in [-0.2, -0.15) is 4.52 Å². The molecule has 0 radical (unpaired) electrons. The zero-order chi connectivity index (χ0) is 17.8. The molecular formula is C21H21N5. The Labute approximate surface area is 152 Å². The summed E-state index contributed by atoms with van der Waals surface area (Å²) in [6.07, 6.45) is 2.98. The van der Waals surface area contributed by atoms with E-state index in [9.17, 15) is 0 Å². The molecule has 130 valence electrons. The summed E-state index contributed by atoms with van der Waals surface area (Å²) in [5, 5.41) is 15.6. The molecule has 0 aliphatic heterocycles. The van der Waals surface area contributed by atoms with Crippen molar-refractivity contribution < 1.29 is 0 Å². The molecule has 1 N–H and O–H groups in total. The van der Waals surface area contributed by atoms with E-state index in [0.29, 0.717) is 0 Å². The van der Waals surface area contributed by atoms with Gasteiger partial charge in [-0.3, -0.25) is 0 Å². The van der Waals surface area contributed by atoms with Crippen LogP contribution in [-0.4, -0.2) is 26.6 Å². The van der Waals surface area contributed by atoms with E-state index >= 15 is 0 Å². The zero-order valence-electron chi connectivity index (χ0n) is 14.8. The van der Waals surface area contributed by atoms with Crippen LogP contribution in [0.15, 0.2) is 66.9 Å². The Bertz CT molecular complexity index is 1010. The fraction of sp³-hybridized carbons (Fsp3) is 0.190. The first-order valence-corrected chi connectivity index (χ1v) is 8.82. The van der Waals surface area contributed by atoms with Gasteiger partial charge in [0.05, 0.1) is 0 Å². The number of rotatable bonds is 6. The second-order valence-electron chi connectivity index (χ2n) is 6.48. The summed E-state index contributed by atoms with van der Waals surface area (Å²) < 4.78 is 1.76. The summed E-state index contributed by atoms with van der Waals surface area (Å²) in [5.41, 5.74) is 6.77. The maximum atomic E-state index is 4.17. The van der Waals surface area contributed by atoms with Gasteiger partial charge >= 0.3 is 0 Å². The highest BCUT2D eigenvalue weighted by Gasteiger charge is 2.09. The predicted octanol–water partition coefficient (Wildman–Crippen LogP) is 3.43. The van der Waals surface area contributed by atoms with Crippen molar-refractivity contribution in [3.63, 3.8) is 0 Å². The van der Waals surface area contributed by atoms with Gasteiger partial charge in [0.2, 0.25) is 0 Å². The molecule has 2 heterocycles. The van der Waals surface area contributed by atoms with Crippen LogP contribution in [0.1, 0.15) is 16.7 Å². The van der Waals surface area contributed by atoms with Crippen LogP contribution >= 0.6 is 0 Å². The molecule has 4 rings (SSSR count). The highest BCUT2D eigenvalue weighted by atomic mass is 15.5. The molecule has 0 saturated heterocycles. The second kappa shape index (κ2) is 7.45. The van der Waals surface area contributed by atoms with Crippen LogP contribution in [0.5, 0.6) is 0 Å². The van der Waals surface area contributed by atoms with Crippen molar-refractivity contribution in [2.24, 2.45) is 0 Å². The minimum Gasteiger partial charge on any atom is -0.312 e. The maximum absolute atomic E-state index is 4.17. The smallest absolute Gasteiger partial charge is 0.183 e. The fourth-order valence-corrected chi connectivity index (χ4v) is 3.13. The molecule has 0 bridgehead atoms. The van der Waals surface area contributed by atoms with Crippen LogP contribution in [0.3, 0.4) is 0 Å². The van der Waals surface area contributed by atoms with Crippen LogP contribution < -0.4 is 5.32 Å². The van der Waals surface area contributed by atoms with Crippen molar-refractivity contribution in [2.45, 2.75) is 19.9 Å². The van der Waals surface area contributed by atoms with E-state index in [0.717, 1.165) is 36.3 Å². The van der Waals surface area contributed by atoms with Gasteiger partial charge in [-0.15, -0.1) is 5.10 Å². The third kappa shape index (κ3) is 3.63. The Balaban J connectivity index is 1.53. The lowest BCUT2D eigenvalue weighted by atomic mass is 10.0. The molecule has 0 aliphatic carbocycles. The van der Waals surface area contributed by atoms with Crippen LogP contribution in [0, 0.1) is 6.92 Å². The van der Waals surface area contributed by atoms with Crippen molar-refractivity contribution in [3.8, 4) is 11.1 Å². The van der Waals surface area contributed by atoms with Gasteiger partial charge in [-0.1, -0.05) is 60.2 Å². The molecule has 0 spiro atoms. The number of nitrogens with one attached hydrogen (secondary N) is 1. The molecule has 5 heteroatoms. The first kappa shape index (κ1) is 16.4. The van der Waals surface area contributed by atoms with Crippen molar-refractivity contribution in [1.82, 2.24) is 25.4 Å². The Hall–Kier alpha value is -3.05. The number of hydrogen-bond acceptors (Lipinski definition) is 4. The first-order valence-electron chi connectivity index (χ1n) is 8.82. The molecule has 0 saturated carbocycles. The van der Waals surface area contributed by atoms with Crippen LogP contribution in [0.2, 0.25) is 0 Å². The summed E-state index contributed by atoms with van der Waals surface area (Å²) in [6.45, 7) is 3.74. The quantitative estimate of drug-likeness (QED) is 0.545. The molecule has 0 fully saturated rings. The third-order valence-corrected chi connectivity index (χ3v) is 4.47. The van der Waals surface area contributed by atoms with Gasteiger partial charge in [0.15, 0.2) is 5.65 Å². The van der Waals surface area contributed by atoms with E-state index in [1.54, 1.807) is 4.52 Å². The number of aromatic nitrogens is 4. The number of hydrogen-bond donors (Lipinski definition) is 1. The Kier molecular flexibility index (Phi) is 4.71. The Morgan fingerprint density at radius 2 is 1.85 bits per heavy atom. The van der Waals surface area contributed by atoms with E-state index in [2.05, 4.69) is 82.4 Å². The van der Waals surface area contributed by atoms with E-state index in [-0.39, 0.29) is 0 Å². The third-order valence-electron chi connectivity index (χ3n) is 4.47. The Morgan fingerprint density at radius 1 is 0.962 bits per heavy atom. The minimum atomic E-state index is 0.733. The van der Waals surface area contributed by atoms with E-state index < -0.39 is 0 Å². The average molecular weight is 343 g/mol. The lowest BCUT2D eigenvalue weighted by Crippen LogP contribution is -2.17. The normalized spacial score (nSPS) is 11.1. The maximum Gasteiger partial charge on any atom is 0.183 e. The largest absolute Gasteiger partial charge is 0.312 e. The standard InChI is InChI=1S/C21H21N5/c1-16-6-5-9-18(12-16)20-13-19(21-23-24-25-26(21)15-20)14-22-11-10-17-7-3-2-4-8-17/h2-9,12-13,15,22H,10-11,14H2,1H3. The summed E-state index contributed by atoms with van der Waals surface area (Å²) >= 11 is 0. The minimum absolute atomic E-state index is 0.733. The summed E-state index contributed by atoms with van der Waals surface area (Å²) in [5.74, 6) is 0. The molecule has 2 aromatic heterocycles. The fourth-order valence-electron chi connectivity index (χ4n) is 3.13. The molecule has 2 aromatic carbocycles. The molecule has 5 nitrogen and oxygen atoms in total. The number of nitrogens with zero attached hydrogens (tertiary/aromatic N) is 4. The SMILES string of the molecule is Cc1cccc(-c2cc(CNCCc3ccccc3)c3nnnn3c2)c1. The predicted molar refractivity (Wildman–Crippen MR) is 103 cm³/mol. The van der Waals surface area contributed by atoms with E-state index in [1.165, 1.54) is 16.7 Å². The monoisotopic (exact) mass is 343 g/mol. The van der Waals surface area contributed by atoms with Crippen LogP contribution in [0.4, 0.5) is 0 Å². The number of tetrazole rings is 1. The lowest BCUT2D eigenvalue weighted by molar-refractivity contribution is 0.686. The highest BCUT2D eigenvalue weighted by molar-refractivity contribution is 5.67. The van der Waals surface area contributed by atoms with Crippen molar-refractivity contribution in [1.29, 1.82) is 0 Å². The second-order valence-corrected chi connectivity index (χ2v) is 6.48. The van der Waals surface area contributed by atoms with E-state index in [1.807, 2.05) is 12.3 Å². The van der Waals surface area contributed by atoms with E-state index in [4.69, 9.17) is 0 Å². The lowest BCUT2D eigenvalue weighted by Gasteiger charge is -2.09. The summed E-state index contributed by atoms with van der Waals surface area (Å²) in [7, 11) is 0. The van der Waals surface area contributed by atoms with Gasteiger partial charge in [0.1, 0.15) is 0 Å². The average Bonchev–Trinajstić information content (AvgIpc) is 3.15. The number of benzene rings is 2. The summed E-state index contributed by atoms with van der Waals surface area (Å²) in [4.78, 5) is 0. The van der Waals surface area contributed by atoms with Gasteiger partial charge in [0.25, 0.3) is 0 Å². The number of pyridine rings is 1. The van der Waals surface area contributed by atoms with Crippen molar-refractivity contribution >= 4 is 5.65 Å². The molecule has 0 atom stereocenters. The number of aryl methyl sites for hydroxylation is 1. The molecule has 26 heavy (non-hydrogen) atoms. The van der Waals surface area contributed by atoms with Gasteiger partial charge in [-0.05, 0) is 47.5 Å². The van der Waals surface area contributed by atoms with Gasteiger partial charge < -0.3 is 5.32 Å². The highest BCUT2D eigenvalue weighted by Crippen LogP contribution is 2.23.